The van der Waals surface area contributed by atoms with Crippen LogP contribution >= 0.6 is 0 Å². The Balaban J connectivity index is 1.51. The number of rotatable bonds is 4. The zero-order chi connectivity index (χ0) is 23.1. The lowest BCUT2D eigenvalue weighted by molar-refractivity contribution is 0.314. The molecule has 5 nitrogen and oxygen atoms in total. The zero-order valence-corrected chi connectivity index (χ0v) is 18.7. The topological polar surface area (TPSA) is 49.4 Å². The Morgan fingerprint density at radius 3 is 2.79 bits per heavy atom. The maximum Gasteiger partial charge on any atom is 0.179 e. The van der Waals surface area contributed by atoms with Crippen LogP contribution in [0, 0.1) is 11.6 Å². The third-order valence-electron chi connectivity index (χ3n) is 6.06. The van der Waals surface area contributed by atoms with Crippen molar-refractivity contribution in [3.8, 4) is 16.9 Å². The third kappa shape index (κ3) is 4.04. The lowest BCUT2D eigenvalue weighted by atomic mass is 10.0. The van der Waals surface area contributed by atoms with Crippen LogP contribution < -0.4 is 20.3 Å². The van der Waals surface area contributed by atoms with Gasteiger partial charge >= 0.3 is 0 Å². The predicted molar refractivity (Wildman–Crippen MR) is 127 cm³/mol. The normalized spacial score (nSPS) is 15.2. The first-order valence-electron chi connectivity index (χ1n) is 11.1. The molecule has 1 aromatic heterocycles. The number of benzene rings is 2. The summed E-state index contributed by atoms with van der Waals surface area (Å²) in [6.07, 6.45) is 2.12. The van der Waals surface area contributed by atoms with E-state index in [0.717, 1.165) is 37.1 Å². The van der Waals surface area contributed by atoms with Crippen molar-refractivity contribution in [2.75, 3.05) is 23.4 Å². The number of halogens is 2. The van der Waals surface area contributed by atoms with E-state index in [1.165, 1.54) is 17.2 Å². The molecule has 0 aliphatic carbocycles. The van der Waals surface area contributed by atoms with Gasteiger partial charge in [0.1, 0.15) is 18.2 Å². The number of hydrogen-bond donors (Lipinski definition) is 2. The molecular formula is C26H26F2N4O. The minimum atomic E-state index is -0.533. The Labute approximate surface area is 192 Å². The molecule has 3 heterocycles. The molecule has 0 saturated heterocycles. The van der Waals surface area contributed by atoms with E-state index in [-0.39, 0.29) is 24.0 Å². The number of anilines is 3. The van der Waals surface area contributed by atoms with Crippen molar-refractivity contribution in [2.45, 2.75) is 32.9 Å². The van der Waals surface area contributed by atoms with Crippen LogP contribution in [0.5, 0.6) is 5.75 Å². The van der Waals surface area contributed by atoms with Crippen molar-refractivity contribution >= 4 is 17.2 Å². The van der Waals surface area contributed by atoms with Gasteiger partial charge in [0.15, 0.2) is 11.6 Å². The monoisotopic (exact) mass is 448 g/mol. The van der Waals surface area contributed by atoms with Crippen molar-refractivity contribution in [2.24, 2.45) is 0 Å². The average molecular weight is 449 g/mol. The van der Waals surface area contributed by atoms with Crippen molar-refractivity contribution in [3.05, 3.63) is 77.6 Å². The van der Waals surface area contributed by atoms with E-state index in [9.17, 15) is 8.78 Å². The van der Waals surface area contributed by atoms with E-state index in [4.69, 9.17) is 4.74 Å². The van der Waals surface area contributed by atoms with Gasteiger partial charge in [0.05, 0.1) is 11.9 Å². The van der Waals surface area contributed by atoms with Gasteiger partial charge in [0.25, 0.3) is 0 Å². The van der Waals surface area contributed by atoms with E-state index >= 15 is 0 Å². The number of ether oxygens (including phenoxy) is 1. The fourth-order valence-electron chi connectivity index (χ4n) is 4.53. The van der Waals surface area contributed by atoms with Gasteiger partial charge < -0.3 is 20.3 Å². The highest BCUT2D eigenvalue weighted by atomic mass is 19.1. The first kappa shape index (κ1) is 21.4. The molecular weight excluding hydrogens is 422 g/mol. The molecule has 0 spiro atoms. The quantitative estimate of drug-likeness (QED) is 0.549. The smallest absolute Gasteiger partial charge is 0.179 e. The molecule has 3 aromatic rings. The Morgan fingerprint density at radius 1 is 1.12 bits per heavy atom. The van der Waals surface area contributed by atoms with Crippen LogP contribution in [0.2, 0.25) is 0 Å². The number of fused-ring (bicyclic) bond motifs is 2. The summed E-state index contributed by atoms with van der Waals surface area (Å²) in [7, 11) is 0. The van der Waals surface area contributed by atoms with Gasteiger partial charge in [-0.25, -0.2) is 13.8 Å². The van der Waals surface area contributed by atoms with Gasteiger partial charge in [-0.15, -0.1) is 0 Å². The molecule has 2 aromatic carbocycles. The molecule has 33 heavy (non-hydrogen) atoms. The number of nitrogens with zero attached hydrogens (tertiary/aromatic N) is 2. The van der Waals surface area contributed by atoms with Crippen molar-refractivity contribution in [1.82, 2.24) is 10.3 Å². The summed E-state index contributed by atoms with van der Waals surface area (Å²) in [4.78, 5) is 6.12. The Kier molecular flexibility index (Phi) is 5.50. The second-order valence-electron chi connectivity index (χ2n) is 8.71. The van der Waals surface area contributed by atoms with Gasteiger partial charge in [-0.2, -0.15) is 0 Å². The van der Waals surface area contributed by atoms with E-state index in [2.05, 4.69) is 34.3 Å². The van der Waals surface area contributed by atoms with Crippen LogP contribution in [0.3, 0.4) is 0 Å². The maximum absolute atomic E-state index is 15.0. The van der Waals surface area contributed by atoms with Crippen molar-refractivity contribution in [1.29, 1.82) is 0 Å². The zero-order valence-electron chi connectivity index (χ0n) is 18.7. The third-order valence-corrected chi connectivity index (χ3v) is 6.06. The van der Waals surface area contributed by atoms with Gasteiger partial charge in [-0.05, 0) is 73.8 Å². The first-order valence-corrected chi connectivity index (χ1v) is 11.1. The fraction of sp³-hybridized carbons (Fsp3) is 0.269. The molecule has 2 aliphatic heterocycles. The van der Waals surface area contributed by atoms with Crippen LogP contribution in [0.25, 0.3) is 11.1 Å². The Hall–Kier alpha value is -3.45. The summed E-state index contributed by atoms with van der Waals surface area (Å²) in [6.45, 7) is 10.1. The lowest BCUT2D eigenvalue weighted by Crippen LogP contribution is -2.35. The van der Waals surface area contributed by atoms with Gasteiger partial charge in [0, 0.05) is 29.5 Å². The van der Waals surface area contributed by atoms with Crippen LogP contribution in [-0.4, -0.2) is 24.2 Å². The molecule has 2 aliphatic rings. The van der Waals surface area contributed by atoms with Crippen molar-refractivity contribution in [3.63, 3.8) is 0 Å². The minimum absolute atomic E-state index is 0.0496. The number of nitrogens with one attached hydrogen (secondary N) is 2. The summed E-state index contributed by atoms with van der Waals surface area (Å²) in [5.41, 5.74) is 5.40. The molecule has 0 saturated carbocycles. The highest BCUT2D eigenvalue weighted by Gasteiger charge is 2.27. The highest BCUT2D eigenvalue weighted by Crippen LogP contribution is 2.42. The second kappa shape index (κ2) is 8.48. The predicted octanol–water partition coefficient (Wildman–Crippen LogP) is 5.54. The summed E-state index contributed by atoms with van der Waals surface area (Å²) in [5, 5.41) is 6.62. The minimum Gasteiger partial charge on any atom is -0.482 e. The largest absolute Gasteiger partial charge is 0.482 e. The Morgan fingerprint density at radius 2 is 1.97 bits per heavy atom. The molecule has 0 bridgehead atoms. The summed E-state index contributed by atoms with van der Waals surface area (Å²) in [6, 6.07) is 10.9. The molecule has 7 heteroatoms. The molecule has 0 amide bonds. The summed E-state index contributed by atoms with van der Waals surface area (Å²) in [5.74, 6) is -0.409. The molecule has 0 radical (unpaired) electrons. The number of hydrogen-bond acceptors (Lipinski definition) is 5. The molecule has 2 N–H and O–H groups in total. The van der Waals surface area contributed by atoms with Crippen LogP contribution in [0.15, 0.2) is 54.9 Å². The van der Waals surface area contributed by atoms with Crippen LogP contribution in [0.1, 0.15) is 25.0 Å². The van der Waals surface area contributed by atoms with E-state index in [1.807, 2.05) is 24.8 Å². The van der Waals surface area contributed by atoms with E-state index in [0.29, 0.717) is 17.1 Å². The average Bonchev–Trinajstić information content (AvgIpc) is 2.79. The molecule has 170 valence electrons. The van der Waals surface area contributed by atoms with Crippen molar-refractivity contribution < 1.29 is 13.5 Å². The standard InChI is InChI=1S/C26H26F2N4O/c1-15(2)32-16(3)14-33-26-22(27)9-19(10-24(26)32)21-11-25(30-13-23(21)28)31-20-5-4-18-12-29-7-6-17(18)8-20/h4-5,8-11,13,15,29H,3,6-7,12,14H2,1-2H3,(H,30,31). The van der Waals surface area contributed by atoms with E-state index < -0.39 is 11.6 Å². The fourth-order valence-corrected chi connectivity index (χ4v) is 4.53. The molecule has 0 fully saturated rings. The summed E-state index contributed by atoms with van der Waals surface area (Å²) < 4.78 is 35.4. The van der Waals surface area contributed by atoms with Gasteiger partial charge in [-0.1, -0.05) is 12.6 Å². The van der Waals surface area contributed by atoms with Crippen LogP contribution in [-0.2, 0) is 13.0 Å². The lowest BCUT2D eigenvalue weighted by Gasteiger charge is -2.36. The van der Waals surface area contributed by atoms with Gasteiger partial charge in [0.2, 0.25) is 0 Å². The Bertz CT molecular complexity index is 1240. The number of pyridine rings is 1. The second-order valence-corrected chi connectivity index (χ2v) is 8.71. The molecule has 0 unspecified atom stereocenters. The number of aromatic nitrogens is 1. The van der Waals surface area contributed by atoms with E-state index in [1.54, 1.807) is 12.1 Å². The highest BCUT2D eigenvalue weighted by molar-refractivity contribution is 5.77. The summed E-state index contributed by atoms with van der Waals surface area (Å²) >= 11 is 0. The molecule has 5 rings (SSSR count). The molecule has 0 atom stereocenters. The van der Waals surface area contributed by atoms with Gasteiger partial charge in [-0.3, -0.25) is 0 Å². The van der Waals surface area contributed by atoms with Crippen LogP contribution in [0.4, 0.5) is 26.0 Å². The maximum atomic E-state index is 15.0. The first-order chi connectivity index (χ1) is 15.9. The SMILES string of the molecule is C=C1COc2c(F)cc(-c3cc(Nc4ccc5c(c4)CCNC5)ncc3F)cc2N1C(C)C.